The maximum absolute atomic E-state index is 9.48. The van der Waals surface area contributed by atoms with Gasteiger partial charge in [-0.2, -0.15) is 0 Å². The summed E-state index contributed by atoms with van der Waals surface area (Å²) >= 11 is 0. The van der Waals surface area contributed by atoms with Crippen LogP contribution in [-0.4, -0.2) is 84.0 Å². The third-order valence-corrected chi connectivity index (χ3v) is 3.30. The first-order chi connectivity index (χ1) is 10.2. The quantitative estimate of drug-likeness (QED) is 0.170. The Labute approximate surface area is 131 Å². The predicted molar refractivity (Wildman–Crippen MR) is 77.9 cm³/mol. The van der Waals surface area contributed by atoms with Crippen molar-refractivity contribution in [3.63, 3.8) is 0 Å². The molecule has 0 spiro atoms. The van der Waals surface area contributed by atoms with Crippen LogP contribution in [0.4, 0.5) is 0 Å². The zero-order valence-electron chi connectivity index (χ0n) is 13.6. The van der Waals surface area contributed by atoms with Crippen molar-refractivity contribution in [2.45, 2.75) is 26.4 Å². The van der Waals surface area contributed by atoms with E-state index in [9.17, 15) is 10.2 Å². The Morgan fingerprint density at radius 3 is 1.27 bits per heavy atom. The van der Waals surface area contributed by atoms with Gasteiger partial charge in [0.15, 0.2) is 0 Å². The number of hydrogen-bond donors (Lipinski definition) is 5. The molecule has 0 heterocycles. The molecular weight excluding hydrogens is 296 g/mol. The topological polar surface area (TPSA) is 129 Å². The molecule has 0 aliphatic rings. The summed E-state index contributed by atoms with van der Waals surface area (Å²) in [7, 11) is 0. The van der Waals surface area contributed by atoms with Crippen molar-refractivity contribution in [1.82, 2.24) is 0 Å². The van der Waals surface area contributed by atoms with Gasteiger partial charge in [-0.1, -0.05) is 0 Å². The molecule has 0 unspecified atom stereocenters. The first-order valence-electron chi connectivity index (χ1n) is 7.15. The molecule has 134 valence electrons. The molecule has 0 aromatic carbocycles. The minimum absolute atomic E-state index is 0.0675. The van der Waals surface area contributed by atoms with E-state index in [4.69, 9.17) is 29.8 Å². The largest absolute Gasteiger partial charge is 0.396 e. The zero-order valence-corrected chi connectivity index (χ0v) is 13.6. The second-order valence-corrected chi connectivity index (χ2v) is 6.72. The lowest BCUT2D eigenvalue weighted by atomic mass is 9.92. The highest BCUT2D eigenvalue weighted by Gasteiger charge is 2.34. The molecule has 0 amide bonds. The Balaban J connectivity index is 4.42. The van der Waals surface area contributed by atoms with Gasteiger partial charge >= 0.3 is 0 Å². The molecule has 0 aromatic rings. The number of aliphatic hydroxyl groups is 5. The van der Waals surface area contributed by atoms with Crippen LogP contribution < -0.4 is 0 Å². The van der Waals surface area contributed by atoms with Crippen LogP contribution in [0.3, 0.4) is 0 Å². The summed E-state index contributed by atoms with van der Waals surface area (Å²) in [5.41, 5.74) is -2.67. The number of rotatable bonds is 12. The van der Waals surface area contributed by atoms with E-state index in [0.29, 0.717) is 0 Å². The van der Waals surface area contributed by atoms with Gasteiger partial charge in [-0.05, 0) is 20.8 Å². The maximum Gasteiger partial charge on any atom is 0.0944 e. The highest BCUT2D eigenvalue weighted by Crippen LogP contribution is 2.22. The number of ether oxygens (including phenoxy) is 1. The van der Waals surface area contributed by atoms with E-state index in [1.165, 1.54) is 0 Å². The molecule has 0 aliphatic heterocycles. The Bertz CT molecular complexity index is 273. The summed E-state index contributed by atoms with van der Waals surface area (Å²) in [6.07, 6.45) is 0. The van der Waals surface area contributed by atoms with Crippen LogP contribution in [0.15, 0.2) is 0 Å². The Morgan fingerprint density at radius 2 is 0.955 bits per heavy atom. The maximum atomic E-state index is 9.48. The Kier molecular flexibility index (Phi) is 9.60. The molecule has 8 heteroatoms. The lowest BCUT2D eigenvalue weighted by molar-refractivity contribution is -0.336. The summed E-state index contributed by atoms with van der Waals surface area (Å²) in [6.45, 7) is 3.09. The fraction of sp³-hybridized carbons (Fsp3) is 1.00. The normalized spacial score (nSPS) is 13.6. The molecule has 5 N–H and O–H groups in total. The minimum atomic E-state index is -1.21. The molecule has 0 saturated heterocycles. The summed E-state index contributed by atoms with van der Waals surface area (Å²) < 4.78 is 5.56. The van der Waals surface area contributed by atoms with E-state index in [1.54, 1.807) is 0 Å². The van der Waals surface area contributed by atoms with Crippen LogP contribution in [0, 0.1) is 10.8 Å². The zero-order chi connectivity index (χ0) is 17.3. The lowest BCUT2D eigenvalue weighted by Gasteiger charge is -2.33. The fourth-order valence-electron chi connectivity index (χ4n) is 1.26. The van der Waals surface area contributed by atoms with Gasteiger partial charge in [0, 0.05) is 0 Å². The summed E-state index contributed by atoms with van der Waals surface area (Å²) in [5.74, 6) is 0. The van der Waals surface area contributed by atoms with Crippen LogP contribution in [0.1, 0.15) is 20.8 Å². The molecule has 0 fully saturated rings. The third kappa shape index (κ3) is 7.30. The molecule has 0 bridgehead atoms. The molecule has 0 aliphatic carbocycles. The summed E-state index contributed by atoms with van der Waals surface area (Å²) in [4.78, 5) is 9.88. The van der Waals surface area contributed by atoms with E-state index < -0.39 is 36.3 Å². The standard InChI is InChI=1S/C14H30O8/c1-12(2,3)20-9-14(7-18,8-19)11-22-21-10-13(4-15,5-16)6-17/h15-19H,4-11H2,1-3H3. The van der Waals surface area contributed by atoms with Crippen molar-refractivity contribution >= 4 is 0 Å². The fourth-order valence-corrected chi connectivity index (χ4v) is 1.26. The molecular formula is C14H30O8. The van der Waals surface area contributed by atoms with Crippen LogP contribution in [-0.2, 0) is 14.5 Å². The van der Waals surface area contributed by atoms with Crippen molar-refractivity contribution < 1.29 is 40.0 Å². The summed E-state index contributed by atoms with van der Waals surface area (Å²) in [5, 5.41) is 46.4. The number of hydrogen-bond acceptors (Lipinski definition) is 8. The van der Waals surface area contributed by atoms with Crippen molar-refractivity contribution in [3.05, 3.63) is 0 Å². The molecule has 0 aromatic heterocycles. The molecule has 0 rings (SSSR count). The molecule has 22 heavy (non-hydrogen) atoms. The van der Waals surface area contributed by atoms with Gasteiger partial charge in [0.2, 0.25) is 0 Å². The Morgan fingerprint density at radius 1 is 0.591 bits per heavy atom. The highest BCUT2D eigenvalue weighted by atomic mass is 17.2. The van der Waals surface area contributed by atoms with Gasteiger partial charge < -0.3 is 30.3 Å². The predicted octanol–water partition coefficient (Wildman–Crippen LogP) is -1.32. The van der Waals surface area contributed by atoms with Crippen molar-refractivity contribution in [1.29, 1.82) is 0 Å². The SMILES string of the molecule is CC(C)(C)OCC(CO)(CO)COOCC(CO)(CO)CO. The minimum Gasteiger partial charge on any atom is -0.396 e. The van der Waals surface area contributed by atoms with Crippen molar-refractivity contribution in [3.8, 4) is 0 Å². The van der Waals surface area contributed by atoms with E-state index in [2.05, 4.69) is 0 Å². The van der Waals surface area contributed by atoms with E-state index in [-0.39, 0.29) is 33.0 Å². The Hall–Kier alpha value is -0.320. The van der Waals surface area contributed by atoms with Crippen molar-refractivity contribution in [2.24, 2.45) is 10.8 Å². The summed E-state index contributed by atoms with van der Waals surface area (Å²) in [6, 6.07) is 0. The van der Waals surface area contributed by atoms with E-state index >= 15 is 0 Å². The second kappa shape index (κ2) is 9.74. The third-order valence-electron chi connectivity index (χ3n) is 3.30. The second-order valence-electron chi connectivity index (χ2n) is 6.72. The highest BCUT2D eigenvalue weighted by molar-refractivity contribution is 4.79. The van der Waals surface area contributed by atoms with Crippen LogP contribution >= 0.6 is 0 Å². The van der Waals surface area contributed by atoms with Crippen LogP contribution in [0.5, 0.6) is 0 Å². The first kappa shape index (κ1) is 21.7. The molecule has 8 nitrogen and oxygen atoms in total. The van der Waals surface area contributed by atoms with Gasteiger partial charge in [0.25, 0.3) is 0 Å². The monoisotopic (exact) mass is 326 g/mol. The van der Waals surface area contributed by atoms with Gasteiger partial charge in [0.1, 0.15) is 0 Å². The van der Waals surface area contributed by atoms with Crippen molar-refractivity contribution in [2.75, 3.05) is 52.9 Å². The van der Waals surface area contributed by atoms with Crippen LogP contribution in [0.2, 0.25) is 0 Å². The van der Waals surface area contributed by atoms with Gasteiger partial charge in [-0.25, -0.2) is 9.78 Å². The lowest BCUT2D eigenvalue weighted by Crippen LogP contribution is -2.43. The smallest absolute Gasteiger partial charge is 0.0944 e. The average Bonchev–Trinajstić information content (AvgIpc) is 2.51. The molecule has 0 saturated carbocycles. The molecule has 0 radical (unpaired) electrons. The molecule has 0 atom stereocenters. The van der Waals surface area contributed by atoms with E-state index in [1.807, 2.05) is 20.8 Å². The van der Waals surface area contributed by atoms with Gasteiger partial charge in [-0.3, -0.25) is 0 Å². The average molecular weight is 326 g/mol. The first-order valence-corrected chi connectivity index (χ1v) is 7.15. The van der Waals surface area contributed by atoms with Crippen LogP contribution in [0.25, 0.3) is 0 Å². The number of aliphatic hydroxyl groups excluding tert-OH is 5. The van der Waals surface area contributed by atoms with Gasteiger partial charge in [0.05, 0.1) is 69.3 Å². The van der Waals surface area contributed by atoms with E-state index in [0.717, 1.165) is 0 Å². The van der Waals surface area contributed by atoms with Gasteiger partial charge in [-0.15, -0.1) is 0 Å².